The zero-order valence-electron chi connectivity index (χ0n) is 13.3. The smallest absolute Gasteiger partial charge is 0.139 e. The first-order valence-electron chi connectivity index (χ1n) is 8.82. The summed E-state index contributed by atoms with van der Waals surface area (Å²) in [6.45, 7) is 4.76. The number of halogens is 1. The summed E-state index contributed by atoms with van der Waals surface area (Å²) < 4.78 is 0. The minimum absolute atomic E-state index is 0.00650. The number of carbonyl (C=O) groups is 1. The van der Waals surface area contributed by atoms with Crippen LogP contribution in [0.3, 0.4) is 0 Å². The van der Waals surface area contributed by atoms with Crippen LogP contribution in [0.25, 0.3) is 0 Å². The molecule has 0 heterocycles. The van der Waals surface area contributed by atoms with Crippen molar-refractivity contribution in [1.82, 2.24) is 0 Å². The molecule has 0 N–H and O–H groups in total. The van der Waals surface area contributed by atoms with E-state index in [2.05, 4.69) is 19.9 Å². The Kier molecular flexibility index (Phi) is 3.13. The number of allylic oxidation sites excluding steroid dienone is 2. The van der Waals surface area contributed by atoms with Gasteiger partial charge in [0.05, 0.1) is 0 Å². The van der Waals surface area contributed by atoms with Gasteiger partial charge >= 0.3 is 0 Å². The predicted molar refractivity (Wildman–Crippen MR) is 86.4 cm³/mol. The molecule has 0 amide bonds. The molecule has 4 aliphatic carbocycles. The van der Waals surface area contributed by atoms with Gasteiger partial charge in [-0.2, -0.15) is 0 Å². The number of hydrogen-bond acceptors (Lipinski definition) is 1. The molecule has 3 saturated carbocycles. The van der Waals surface area contributed by atoms with Crippen LogP contribution in [-0.2, 0) is 4.79 Å². The fourth-order valence-corrected chi connectivity index (χ4v) is 6.66. The van der Waals surface area contributed by atoms with Crippen LogP contribution in [0.15, 0.2) is 11.6 Å². The highest BCUT2D eigenvalue weighted by Gasteiger charge is 2.58. The number of carbonyl (C=O) groups excluding carboxylic acids is 1. The average molecular weight is 307 g/mol. The molecule has 0 aliphatic heterocycles. The number of alkyl halides is 1. The summed E-state index contributed by atoms with van der Waals surface area (Å²) >= 11 is 6.42. The molecule has 0 radical (unpaired) electrons. The van der Waals surface area contributed by atoms with Crippen molar-refractivity contribution in [3.63, 3.8) is 0 Å². The van der Waals surface area contributed by atoms with Crippen LogP contribution in [0, 0.1) is 28.6 Å². The Labute approximate surface area is 133 Å². The molecule has 0 aromatic rings. The third-order valence-electron chi connectivity index (χ3n) is 7.75. The number of Topliss-reactive ketones (excluding diaryl/α,β-unsaturated/α-hetero) is 1. The first-order chi connectivity index (χ1) is 9.95. The molecule has 0 spiro atoms. The SMILES string of the molecule is C[C@@]12CC[C@H]3[C@H](CC=C4C[C@@H](Cl)CC[C@@]43C)[C@@H]1CCC2=O. The molecule has 0 bridgehead atoms. The summed E-state index contributed by atoms with van der Waals surface area (Å²) in [5.41, 5.74) is 2.02. The van der Waals surface area contributed by atoms with E-state index in [4.69, 9.17) is 11.6 Å². The maximum Gasteiger partial charge on any atom is 0.139 e. The lowest BCUT2D eigenvalue weighted by Crippen LogP contribution is -2.50. The van der Waals surface area contributed by atoms with Gasteiger partial charge in [0.2, 0.25) is 0 Å². The Bertz CT molecular complexity index is 510. The van der Waals surface area contributed by atoms with Gasteiger partial charge in [0.1, 0.15) is 5.78 Å². The van der Waals surface area contributed by atoms with E-state index in [1.165, 1.54) is 25.7 Å². The van der Waals surface area contributed by atoms with Crippen molar-refractivity contribution < 1.29 is 4.79 Å². The molecule has 6 atom stereocenters. The third-order valence-corrected chi connectivity index (χ3v) is 8.13. The maximum absolute atomic E-state index is 12.4. The largest absolute Gasteiger partial charge is 0.299 e. The van der Waals surface area contributed by atoms with E-state index in [9.17, 15) is 4.79 Å². The van der Waals surface area contributed by atoms with Crippen LogP contribution >= 0.6 is 11.6 Å². The predicted octanol–water partition coefficient (Wildman–Crippen LogP) is 5.13. The van der Waals surface area contributed by atoms with E-state index in [1.807, 2.05) is 0 Å². The summed E-state index contributed by atoms with van der Waals surface area (Å²) in [7, 11) is 0. The van der Waals surface area contributed by atoms with Crippen LogP contribution in [0.4, 0.5) is 0 Å². The minimum Gasteiger partial charge on any atom is -0.299 e. The molecule has 116 valence electrons. The molecule has 0 unspecified atom stereocenters. The lowest BCUT2D eigenvalue weighted by molar-refractivity contribution is -0.131. The van der Waals surface area contributed by atoms with Gasteiger partial charge < -0.3 is 0 Å². The van der Waals surface area contributed by atoms with Crippen molar-refractivity contribution in [1.29, 1.82) is 0 Å². The molecule has 0 aromatic carbocycles. The van der Waals surface area contributed by atoms with Gasteiger partial charge in [-0.3, -0.25) is 4.79 Å². The van der Waals surface area contributed by atoms with Crippen LogP contribution in [0.1, 0.15) is 65.2 Å². The highest BCUT2D eigenvalue weighted by Crippen LogP contribution is 2.64. The molecular weight excluding hydrogens is 280 g/mol. The normalized spacial score (nSPS) is 52.7. The Morgan fingerprint density at radius 3 is 2.62 bits per heavy atom. The lowest BCUT2D eigenvalue weighted by atomic mass is 9.48. The molecule has 1 nitrogen and oxygen atoms in total. The fourth-order valence-electron chi connectivity index (χ4n) is 6.39. The van der Waals surface area contributed by atoms with Gasteiger partial charge in [-0.1, -0.05) is 25.5 Å². The van der Waals surface area contributed by atoms with Gasteiger partial charge in [-0.15, -0.1) is 11.6 Å². The molecule has 2 heteroatoms. The van der Waals surface area contributed by atoms with Gasteiger partial charge in [0.25, 0.3) is 0 Å². The topological polar surface area (TPSA) is 17.1 Å². The number of fused-ring (bicyclic) bond motifs is 5. The zero-order valence-corrected chi connectivity index (χ0v) is 14.1. The Morgan fingerprint density at radius 1 is 1.10 bits per heavy atom. The standard InChI is InChI=1S/C19H27ClO/c1-18-9-7-13(20)11-12(18)3-4-14-15-5-6-17(21)19(15,2)10-8-16(14)18/h3,13-16H,4-11H2,1-2H3/t13-,14+,15-,16-,18-,19+/m0/s1. The monoisotopic (exact) mass is 306 g/mol. The summed E-state index contributed by atoms with van der Waals surface area (Å²) in [6, 6.07) is 0. The Balaban J connectivity index is 1.69. The van der Waals surface area contributed by atoms with Crippen LogP contribution in [-0.4, -0.2) is 11.2 Å². The lowest BCUT2D eigenvalue weighted by Gasteiger charge is -2.56. The highest BCUT2D eigenvalue weighted by molar-refractivity contribution is 6.20. The molecule has 21 heavy (non-hydrogen) atoms. The number of rotatable bonds is 0. The molecule has 0 saturated heterocycles. The number of ketones is 1. The first kappa shape index (κ1) is 14.3. The van der Waals surface area contributed by atoms with Crippen molar-refractivity contribution in [3.8, 4) is 0 Å². The third kappa shape index (κ3) is 1.85. The van der Waals surface area contributed by atoms with Gasteiger partial charge in [0.15, 0.2) is 0 Å². The van der Waals surface area contributed by atoms with Gasteiger partial charge in [-0.05, 0) is 68.1 Å². The Morgan fingerprint density at radius 2 is 1.81 bits per heavy atom. The van der Waals surface area contributed by atoms with E-state index in [0.717, 1.165) is 37.5 Å². The van der Waals surface area contributed by atoms with E-state index in [0.29, 0.717) is 22.5 Å². The highest BCUT2D eigenvalue weighted by atomic mass is 35.5. The van der Waals surface area contributed by atoms with Crippen LogP contribution in [0.5, 0.6) is 0 Å². The minimum atomic E-state index is 0.00650. The summed E-state index contributed by atoms with van der Waals surface area (Å²) in [5, 5.41) is 0.350. The second-order valence-corrected chi connectivity index (χ2v) is 9.13. The summed E-state index contributed by atoms with van der Waals surface area (Å²) in [5.74, 6) is 2.74. The van der Waals surface area contributed by atoms with E-state index in [1.54, 1.807) is 5.57 Å². The van der Waals surface area contributed by atoms with Crippen molar-refractivity contribution in [2.24, 2.45) is 28.6 Å². The van der Waals surface area contributed by atoms with Crippen LogP contribution < -0.4 is 0 Å². The van der Waals surface area contributed by atoms with E-state index in [-0.39, 0.29) is 5.41 Å². The maximum atomic E-state index is 12.4. The zero-order chi connectivity index (χ0) is 14.8. The molecule has 3 fully saturated rings. The van der Waals surface area contributed by atoms with Crippen molar-refractivity contribution in [3.05, 3.63) is 11.6 Å². The van der Waals surface area contributed by atoms with E-state index >= 15 is 0 Å². The van der Waals surface area contributed by atoms with Gasteiger partial charge in [0, 0.05) is 17.2 Å². The quantitative estimate of drug-likeness (QED) is 0.448. The number of hydrogen-bond donors (Lipinski definition) is 0. The average Bonchev–Trinajstić information content (AvgIpc) is 2.76. The van der Waals surface area contributed by atoms with Crippen molar-refractivity contribution in [2.45, 2.75) is 70.6 Å². The van der Waals surface area contributed by atoms with Crippen molar-refractivity contribution in [2.75, 3.05) is 0 Å². The van der Waals surface area contributed by atoms with Gasteiger partial charge in [-0.25, -0.2) is 0 Å². The van der Waals surface area contributed by atoms with Crippen LogP contribution in [0.2, 0.25) is 0 Å². The second-order valence-electron chi connectivity index (χ2n) is 8.52. The molecular formula is C19H27ClO. The summed E-state index contributed by atoms with van der Waals surface area (Å²) in [4.78, 5) is 12.4. The molecule has 4 rings (SSSR count). The molecule has 0 aromatic heterocycles. The fraction of sp³-hybridized carbons (Fsp3) is 0.842. The Hall–Kier alpha value is -0.300. The molecule has 4 aliphatic rings. The summed E-state index contributed by atoms with van der Waals surface area (Å²) in [6.07, 6.45) is 11.6. The van der Waals surface area contributed by atoms with Crippen molar-refractivity contribution >= 4 is 17.4 Å². The second kappa shape index (κ2) is 4.60. The first-order valence-corrected chi connectivity index (χ1v) is 9.26. The van der Waals surface area contributed by atoms with E-state index < -0.39 is 0 Å².